The highest BCUT2D eigenvalue weighted by Gasteiger charge is 2.20. The van der Waals surface area contributed by atoms with Gasteiger partial charge in [-0.05, 0) is 30.9 Å². The van der Waals surface area contributed by atoms with Crippen LogP contribution in [0.5, 0.6) is 0 Å². The fraction of sp³-hybridized carbons (Fsp3) is 0.565. The van der Waals surface area contributed by atoms with Gasteiger partial charge in [-0.15, -0.1) is 24.0 Å². The molecule has 0 aliphatic carbocycles. The Balaban J connectivity index is 0.00000320. The molecular formula is C23H37IN6. The van der Waals surface area contributed by atoms with Crippen molar-refractivity contribution < 1.29 is 0 Å². The zero-order valence-corrected chi connectivity index (χ0v) is 21.6. The standard InChI is InChI=1S/C23H36N6.HI/c1-17(2)21-9-7-20(8-10-21)16-28-11-13-29(14-12-28)23(24-5)25-15-22-18(3)26-27(6)19(22)4;/h7-10,17H,11-16H2,1-6H3,(H,24,25);1H. The number of piperazine rings is 1. The van der Waals surface area contributed by atoms with Crippen molar-refractivity contribution in [2.24, 2.45) is 12.0 Å². The average molecular weight is 524 g/mol. The number of aliphatic imine (C=N–C) groups is 1. The first kappa shape index (κ1) is 24.7. The van der Waals surface area contributed by atoms with Crippen molar-refractivity contribution in [2.75, 3.05) is 33.2 Å². The van der Waals surface area contributed by atoms with Crippen molar-refractivity contribution in [2.45, 2.75) is 46.7 Å². The van der Waals surface area contributed by atoms with Crippen molar-refractivity contribution in [3.05, 3.63) is 52.3 Å². The minimum atomic E-state index is 0. The third-order valence-corrected chi connectivity index (χ3v) is 6.02. The van der Waals surface area contributed by atoms with Crippen LogP contribution >= 0.6 is 24.0 Å². The van der Waals surface area contributed by atoms with Crippen LogP contribution in [-0.2, 0) is 20.1 Å². The molecule has 2 aromatic rings. The Hall–Kier alpha value is -1.61. The minimum Gasteiger partial charge on any atom is -0.352 e. The molecule has 1 fully saturated rings. The maximum absolute atomic E-state index is 4.51. The zero-order chi connectivity index (χ0) is 21.0. The molecule has 1 saturated heterocycles. The highest BCUT2D eigenvalue weighted by atomic mass is 127. The number of benzene rings is 1. The van der Waals surface area contributed by atoms with Crippen LogP contribution in [-0.4, -0.2) is 58.8 Å². The molecule has 6 nitrogen and oxygen atoms in total. The van der Waals surface area contributed by atoms with Gasteiger partial charge in [0.25, 0.3) is 0 Å². The van der Waals surface area contributed by atoms with Gasteiger partial charge in [-0.25, -0.2) is 0 Å². The summed E-state index contributed by atoms with van der Waals surface area (Å²) < 4.78 is 1.95. The van der Waals surface area contributed by atoms with Crippen molar-refractivity contribution in [3.8, 4) is 0 Å². The summed E-state index contributed by atoms with van der Waals surface area (Å²) in [4.78, 5) is 9.41. The van der Waals surface area contributed by atoms with Gasteiger partial charge in [-0.3, -0.25) is 14.6 Å². The fourth-order valence-corrected chi connectivity index (χ4v) is 3.96. The van der Waals surface area contributed by atoms with Crippen LogP contribution < -0.4 is 5.32 Å². The Morgan fingerprint density at radius 3 is 2.23 bits per heavy atom. The van der Waals surface area contributed by atoms with Crippen LogP contribution in [0.1, 0.15) is 47.8 Å². The summed E-state index contributed by atoms with van der Waals surface area (Å²) in [6.07, 6.45) is 0. The molecule has 1 aliphatic heterocycles. The number of nitrogens with one attached hydrogen (secondary N) is 1. The molecule has 166 valence electrons. The smallest absolute Gasteiger partial charge is 0.194 e. The molecule has 0 atom stereocenters. The summed E-state index contributed by atoms with van der Waals surface area (Å²) in [5, 5.41) is 8.04. The van der Waals surface area contributed by atoms with E-state index in [2.05, 4.69) is 77.2 Å². The first-order valence-electron chi connectivity index (χ1n) is 10.6. The number of hydrogen-bond acceptors (Lipinski definition) is 3. The highest BCUT2D eigenvalue weighted by Crippen LogP contribution is 2.16. The lowest BCUT2D eigenvalue weighted by atomic mass is 10.0. The maximum Gasteiger partial charge on any atom is 0.194 e. The molecule has 0 radical (unpaired) electrons. The summed E-state index contributed by atoms with van der Waals surface area (Å²) in [7, 11) is 3.87. The molecule has 0 bridgehead atoms. The van der Waals surface area contributed by atoms with Gasteiger partial charge in [0, 0.05) is 64.6 Å². The number of nitrogens with zero attached hydrogens (tertiary/aromatic N) is 5. The third kappa shape index (κ3) is 5.97. The third-order valence-electron chi connectivity index (χ3n) is 6.02. The first-order chi connectivity index (χ1) is 13.9. The van der Waals surface area contributed by atoms with Gasteiger partial charge in [0.05, 0.1) is 5.69 Å². The van der Waals surface area contributed by atoms with Gasteiger partial charge in [0.1, 0.15) is 0 Å². The van der Waals surface area contributed by atoms with Gasteiger partial charge in [-0.2, -0.15) is 5.10 Å². The van der Waals surface area contributed by atoms with E-state index >= 15 is 0 Å². The number of halogens is 1. The van der Waals surface area contributed by atoms with Gasteiger partial charge in [0.2, 0.25) is 0 Å². The zero-order valence-electron chi connectivity index (χ0n) is 19.3. The normalized spacial score (nSPS) is 15.4. The molecule has 2 heterocycles. The molecule has 0 saturated carbocycles. The van der Waals surface area contributed by atoms with E-state index in [-0.39, 0.29) is 24.0 Å². The molecule has 1 aliphatic rings. The maximum atomic E-state index is 4.51. The molecule has 1 aromatic carbocycles. The molecule has 30 heavy (non-hydrogen) atoms. The lowest BCUT2D eigenvalue weighted by molar-refractivity contribution is 0.172. The number of aryl methyl sites for hydroxylation is 2. The van der Waals surface area contributed by atoms with Crippen LogP contribution in [0.2, 0.25) is 0 Å². The lowest BCUT2D eigenvalue weighted by Crippen LogP contribution is -2.52. The van der Waals surface area contributed by atoms with Crippen LogP contribution in [0.25, 0.3) is 0 Å². The largest absolute Gasteiger partial charge is 0.352 e. The average Bonchev–Trinajstić information content (AvgIpc) is 2.95. The monoisotopic (exact) mass is 524 g/mol. The number of hydrogen-bond donors (Lipinski definition) is 1. The van der Waals surface area contributed by atoms with Crippen molar-refractivity contribution >= 4 is 29.9 Å². The minimum absolute atomic E-state index is 0. The van der Waals surface area contributed by atoms with Gasteiger partial charge in [-0.1, -0.05) is 38.1 Å². The quantitative estimate of drug-likeness (QED) is 0.369. The van der Waals surface area contributed by atoms with E-state index in [0.29, 0.717) is 5.92 Å². The van der Waals surface area contributed by atoms with E-state index < -0.39 is 0 Å². The Morgan fingerprint density at radius 2 is 1.73 bits per heavy atom. The van der Waals surface area contributed by atoms with Gasteiger partial charge in [0.15, 0.2) is 5.96 Å². The van der Waals surface area contributed by atoms with Crippen LogP contribution in [0, 0.1) is 13.8 Å². The Labute approximate surface area is 198 Å². The van der Waals surface area contributed by atoms with E-state index in [1.807, 2.05) is 18.8 Å². The second kappa shape index (κ2) is 11.1. The molecule has 0 amide bonds. The van der Waals surface area contributed by atoms with Crippen molar-refractivity contribution in [1.29, 1.82) is 0 Å². The molecule has 1 aromatic heterocycles. The Morgan fingerprint density at radius 1 is 1.10 bits per heavy atom. The summed E-state index contributed by atoms with van der Waals surface area (Å²) in [6.45, 7) is 14.6. The predicted octanol–water partition coefficient (Wildman–Crippen LogP) is 3.67. The van der Waals surface area contributed by atoms with Crippen LogP contribution in [0.15, 0.2) is 29.3 Å². The summed E-state index contributed by atoms with van der Waals surface area (Å²) in [5.74, 6) is 1.57. The Kier molecular flexibility index (Phi) is 9.15. The summed E-state index contributed by atoms with van der Waals surface area (Å²) in [6, 6.07) is 9.09. The molecule has 0 unspecified atom stereocenters. The Bertz CT molecular complexity index is 832. The number of rotatable bonds is 5. The molecule has 1 N–H and O–H groups in total. The summed E-state index contributed by atoms with van der Waals surface area (Å²) in [5.41, 5.74) is 6.36. The SMILES string of the molecule is CN=C(NCc1c(C)nn(C)c1C)N1CCN(Cc2ccc(C(C)C)cc2)CC1.I. The second-order valence-corrected chi connectivity index (χ2v) is 8.33. The van der Waals surface area contributed by atoms with E-state index in [1.54, 1.807) is 0 Å². The van der Waals surface area contributed by atoms with Gasteiger partial charge >= 0.3 is 0 Å². The summed E-state index contributed by atoms with van der Waals surface area (Å²) >= 11 is 0. The van der Waals surface area contributed by atoms with Gasteiger partial charge < -0.3 is 10.2 Å². The second-order valence-electron chi connectivity index (χ2n) is 8.33. The topological polar surface area (TPSA) is 48.7 Å². The predicted molar refractivity (Wildman–Crippen MR) is 136 cm³/mol. The van der Waals surface area contributed by atoms with E-state index in [1.165, 1.54) is 22.4 Å². The molecule has 0 spiro atoms. The number of aromatic nitrogens is 2. The molecular weight excluding hydrogens is 487 g/mol. The van der Waals surface area contributed by atoms with E-state index in [0.717, 1.165) is 50.9 Å². The van der Waals surface area contributed by atoms with Crippen LogP contribution in [0.3, 0.4) is 0 Å². The lowest BCUT2D eigenvalue weighted by Gasteiger charge is -2.36. The van der Waals surface area contributed by atoms with Crippen molar-refractivity contribution in [3.63, 3.8) is 0 Å². The fourth-order valence-electron chi connectivity index (χ4n) is 3.96. The highest BCUT2D eigenvalue weighted by molar-refractivity contribution is 14.0. The van der Waals surface area contributed by atoms with E-state index in [4.69, 9.17) is 0 Å². The van der Waals surface area contributed by atoms with E-state index in [9.17, 15) is 0 Å². The first-order valence-corrected chi connectivity index (χ1v) is 10.6. The molecule has 7 heteroatoms. The number of guanidine groups is 1. The van der Waals surface area contributed by atoms with Crippen LogP contribution in [0.4, 0.5) is 0 Å². The molecule has 3 rings (SSSR count). The van der Waals surface area contributed by atoms with Crippen molar-refractivity contribution in [1.82, 2.24) is 24.9 Å².